The van der Waals surface area contributed by atoms with Crippen molar-refractivity contribution < 1.29 is 9.53 Å². The lowest BCUT2D eigenvalue weighted by molar-refractivity contribution is 0.0999. The number of hydrogen-bond acceptors (Lipinski definition) is 4. The molecule has 0 aliphatic carbocycles. The molecule has 0 radical (unpaired) electrons. The van der Waals surface area contributed by atoms with Crippen LogP contribution >= 0.6 is 0 Å². The van der Waals surface area contributed by atoms with Crippen molar-refractivity contribution >= 4 is 6.29 Å². The van der Waals surface area contributed by atoms with Crippen LogP contribution in [-0.2, 0) is 11.3 Å². The SMILES string of the molecule is CC(C)Cn1nnc(C=O)c1C1CCCO1. The zero-order valence-corrected chi connectivity index (χ0v) is 9.72. The van der Waals surface area contributed by atoms with Gasteiger partial charge in [-0.05, 0) is 18.8 Å². The Kier molecular flexibility index (Phi) is 3.33. The first-order chi connectivity index (χ1) is 7.72. The molecule has 1 aliphatic rings. The second kappa shape index (κ2) is 4.74. The van der Waals surface area contributed by atoms with Crippen molar-refractivity contribution in [3.63, 3.8) is 0 Å². The molecule has 0 N–H and O–H groups in total. The van der Waals surface area contributed by atoms with Gasteiger partial charge >= 0.3 is 0 Å². The van der Waals surface area contributed by atoms with Gasteiger partial charge in [-0.2, -0.15) is 0 Å². The first kappa shape index (κ1) is 11.3. The van der Waals surface area contributed by atoms with Crippen LogP contribution in [0.5, 0.6) is 0 Å². The van der Waals surface area contributed by atoms with Crippen molar-refractivity contribution in [1.29, 1.82) is 0 Å². The van der Waals surface area contributed by atoms with E-state index in [0.29, 0.717) is 11.6 Å². The Hall–Kier alpha value is -1.23. The van der Waals surface area contributed by atoms with Crippen LogP contribution in [-0.4, -0.2) is 27.9 Å². The van der Waals surface area contributed by atoms with Crippen LogP contribution in [0, 0.1) is 5.92 Å². The van der Waals surface area contributed by atoms with E-state index in [4.69, 9.17) is 4.74 Å². The topological polar surface area (TPSA) is 57.0 Å². The summed E-state index contributed by atoms with van der Waals surface area (Å²) in [4.78, 5) is 10.9. The van der Waals surface area contributed by atoms with Crippen molar-refractivity contribution in [2.24, 2.45) is 5.92 Å². The molecule has 0 saturated carbocycles. The van der Waals surface area contributed by atoms with Gasteiger partial charge in [0.1, 0.15) is 6.10 Å². The normalized spacial score (nSPS) is 20.6. The van der Waals surface area contributed by atoms with Crippen LogP contribution in [0.4, 0.5) is 0 Å². The van der Waals surface area contributed by atoms with Crippen molar-refractivity contribution in [3.8, 4) is 0 Å². The van der Waals surface area contributed by atoms with E-state index in [1.807, 2.05) is 4.68 Å². The maximum absolute atomic E-state index is 10.9. The Bertz CT molecular complexity index is 367. The number of aldehydes is 1. The Morgan fingerprint density at radius 2 is 2.44 bits per heavy atom. The molecule has 5 heteroatoms. The van der Waals surface area contributed by atoms with Crippen molar-refractivity contribution in [3.05, 3.63) is 11.4 Å². The van der Waals surface area contributed by atoms with Crippen molar-refractivity contribution in [1.82, 2.24) is 15.0 Å². The van der Waals surface area contributed by atoms with Gasteiger partial charge in [0.25, 0.3) is 0 Å². The zero-order chi connectivity index (χ0) is 11.5. The quantitative estimate of drug-likeness (QED) is 0.727. The summed E-state index contributed by atoms with van der Waals surface area (Å²) in [5, 5.41) is 7.92. The molecule has 88 valence electrons. The fourth-order valence-corrected chi connectivity index (χ4v) is 2.02. The first-order valence-corrected chi connectivity index (χ1v) is 5.72. The molecule has 2 rings (SSSR count). The van der Waals surface area contributed by atoms with E-state index >= 15 is 0 Å². The minimum Gasteiger partial charge on any atom is -0.372 e. The van der Waals surface area contributed by atoms with Gasteiger partial charge in [-0.25, -0.2) is 4.68 Å². The van der Waals surface area contributed by atoms with E-state index in [1.54, 1.807) is 0 Å². The Morgan fingerprint density at radius 1 is 1.62 bits per heavy atom. The maximum Gasteiger partial charge on any atom is 0.172 e. The molecule has 16 heavy (non-hydrogen) atoms. The molecule has 0 spiro atoms. The lowest BCUT2D eigenvalue weighted by Gasteiger charge is -2.13. The Labute approximate surface area is 94.8 Å². The van der Waals surface area contributed by atoms with E-state index in [0.717, 1.165) is 38.0 Å². The number of nitrogens with zero attached hydrogens (tertiary/aromatic N) is 3. The van der Waals surface area contributed by atoms with Crippen LogP contribution in [0.2, 0.25) is 0 Å². The number of carbonyl (C=O) groups is 1. The molecule has 0 amide bonds. The first-order valence-electron chi connectivity index (χ1n) is 5.72. The summed E-state index contributed by atoms with van der Waals surface area (Å²) in [6, 6.07) is 0. The molecule has 0 bridgehead atoms. The fraction of sp³-hybridized carbons (Fsp3) is 0.727. The van der Waals surface area contributed by atoms with Gasteiger partial charge in [0, 0.05) is 13.2 Å². The average molecular weight is 223 g/mol. The number of hydrogen-bond donors (Lipinski definition) is 0. The molecule has 1 aromatic rings. The molecule has 1 fully saturated rings. The molecule has 1 aliphatic heterocycles. The minimum absolute atomic E-state index is 0.00560. The summed E-state index contributed by atoms with van der Waals surface area (Å²) in [5.74, 6) is 0.473. The summed E-state index contributed by atoms with van der Waals surface area (Å²) in [6.45, 7) is 5.76. The molecule has 1 unspecified atom stereocenters. The van der Waals surface area contributed by atoms with Gasteiger partial charge in [0.2, 0.25) is 0 Å². The molecule has 5 nitrogen and oxygen atoms in total. The maximum atomic E-state index is 10.9. The second-order valence-corrected chi connectivity index (χ2v) is 4.56. The molecule has 2 heterocycles. The molecule has 1 atom stereocenters. The van der Waals surface area contributed by atoms with E-state index in [1.165, 1.54) is 0 Å². The highest BCUT2D eigenvalue weighted by Gasteiger charge is 2.26. The van der Waals surface area contributed by atoms with Crippen molar-refractivity contribution in [2.75, 3.05) is 6.61 Å². The van der Waals surface area contributed by atoms with Crippen LogP contribution in [0.1, 0.15) is 49.0 Å². The summed E-state index contributed by atoms with van der Waals surface area (Å²) < 4.78 is 7.41. The summed E-state index contributed by atoms with van der Waals surface area (Å²) in [6.07, 6.45) is 2.75. The van der Waals surface area contributed by atoms with Gasteiger partial charge in [0.15, 0.2) is 12.0 Å². The van der Waals surface area contributed by atoms with Gasteiger partial charge < -0.3 is 4.74 Å². The molecular weight excluding hydrogens is 206 g/mol. The number of carbonyl (C=O) groups excluding carboxylic acids is 1. The molecular formula is C11H17N3O2. The van der Waals surface area contributed by atoms with Crippen LogP contribution < -0.4 is 0 Å². The second-order valence-electron chi connectivity index (χ2n) is 4.56. The lowest BCUT2D eigenvalue weighted by atomic mass is 10.1. The van der Waals surface area contributed by atoms with Crippen molar-refractivity contribution in [2.45, 2.75) is 39.3 Å². The average Bonchev–Trinajstić information content (AvgIpc) is 2.84. The largest absolute Gasteiger partial charge is 0.372 e. The lowest BCUT2D eigenvalue weighted by Crippen LogP contribution is -2.13. The molecule has 0 aromatic carbocycles. The number of aromatic nitrogens is 3. The zero-order valence-electron chi connectivity index (χ0n) is 9.72. The predicted molar refractivity (Wildman–Crippen MR) is 58.2 cm³/mol. The monoisotopic (exact) mass is 223 g/mol. The van der Waals surface area contributed by atoms with E-state index < -0.39 is 0 Å². The van der Waals surface area contributed by atoms with E-state index in [2.05, 4.69) is 24.2 Å². The highest BCUT2D eigenvalue weighted by atomic mass is 16.5. The van der Waals surface area contributed by atoms with E-state index in [-0.39, 0.29) is 6.10 Å². The molecule has 1 saturated heterocycles. The summed E-state index contributed by atoms with van der Waals surface area (Å²) in [5.41, 5.74) is 1.27. The Morgan fingerprint density at radius 3 is 3.00 bits per heavy atom. The number of ether oxygens (including phenoxy) is 1. The third-order valence-electron chi connectivity index (χ3n) is 2.69. The standard InChI is InChI=1S/C11H17N3O2/c1-8(2)6-14-11(9(7-15)12-13-14)10-4-3-5-16-10/h7-8,10H,3-6H2,1-2H3. The molecule has 1 aromatic heterocycles. The summed E-state index contributed by atoms with van der Waals surface area (Å²) >= 11 is 0. The van der Waals surface area contributed by atoms with Crippen LogP contribution in [0.15, 0.2) is 0 Å². The van der Waals surface area contributed by atoms with E-state index in [9.17, 15) is 4.79 Å². The third kappa shape index (κ3) is 2.14. The van der Waals surface area contributed by atoms with Gasteiger partial charge in [-0.15, -0.1) is 5.10 Å². The van der Waals surface area contributed by atoms with Gasteiger partial charge in [-0.3, -0.25) is 4.79 Å². The highest BCUT2D eigenvalue weighted by molar-refractivity contribution is 5.73. The highest BCUT2D eigenvalue weighted by Crippen LogP contribution is 2.29. The van der Waals surface area contributed by atoms with Gasteiger partial charge in [-0.1, -0.05) is 19.1 Å². The Balaban J connectivity index is 2.29. The predicted octanol–water partition coefficient (Wildman–Crippen LogP) is 1.60. The van der Waals surface area contributed by atoms with Crippen LogP contribution in [0.3, 0.4) is 0 Å². The van der Waals surface area contributed by atoms with Gasteiger partial charge in [0.05, 0.1) is 5.69 Å². The van der Waals surface area contributed by atoms with Crippen LogP contribution in [0.25, 0.3) is 0 Å². The minimum atomic E-state index is -0.00560. The smallest absolute Gasteiger partial charge is 0.172 e. The number of rotatable bonds is 4. The fourth-order valence-electron chi connectivity index (χ4n) is 2.02. The summed E-state index contributed by atoms with van der Waals surface area (Å²) in [7, 11) is 0. The third-order valence-corrected chi connectivity index (χ3v) is 2.69.